The highest BCUT2D eigenvalue weighted by molar-refractivity contribution is 6.03. The van der Waals surface area contributed by atoms with E-state index >= 15 is 0 Å². The van der Waals surface area contributed by atoms with E-state index in [1.165, 1.54) is 19.2 Å². The molecular formula is C24H26F3NO5. The predicted molar refractivity (Wildman–Crippen MR) is 116 cm³/mol. The number of fused-ring (bicyclic) bond motifs is 1. The van der Waals surface area contributed by atoms with E-state index in [0.29, 0.717) is 34.7 Å². The summed E-state index contributed by atoms with van der Waals surface area (Å²) in [4.78, 5) is 25.9. The normalized spacial score (nSPS) is 15.0. The van der Waals surface area contributed by atoms with Gasteiger partial charge in [0.15, 0.2) is 5.60 Å². The van der Waals surface area contributed by atoms with Crippen molar-refractivity contribution in [2.24, 2.45) is 0 Å². The highest BCUT2D eigenvalue weighted by Crippen LogP contribution is 2.44. The molecule has 0 saturated carbocycles. The van der Waals surface area contributed by atoms with Crippen molar-refractivity contribution >= 4 is 17.6 Å². The Balaban J connectivity index is 2.14. The van der Waals surface area contributed by atoms with Gasteiger partial charge >= 0.3 is 12.3 Å². The number of rotatable bonds is 6. The number of amides is 1. The number of aryl methyl sites for hydroxylation is 2. The van der Waals surface area contributed by atoms with Gasteiger partial charge in [-0.2, -0.15) is 0 Å². The van der Waals surface area contributed by atoms with Gasteiger partial charge in [-0.1, -0.05) is 6.07 Å². The maximum atomic E-state index is 13.1. The molecule has 0 aromatic heterocycles. The van der Waals surface area contributed by atoms with Gasteiger partial charge in [0.05, 0.1) is 12.8 Å². The lowest BCUT2D eigenvalue weighted by Gasteiger charge is -2.39. The van der Waals surface area contributed by atoms with Gasteiger partial charge in [0.25, 0.3) is 5.91 Å². The van der Waals surface area contributed by atoms with Crippen LogP contribution in [0.2, 0.25) is 0 Å². The van der Waals surface area contributed by atoms with Crippen LogP contribution in [0.1, 0.15) is 38.3 Å². The number of benzene rings is 2. The van der Waals surface area contributed by atoms with Crippen molar-refractivity contribution in [1.82, 2.24) is 0 Å². The molecule has 6 nitrogen and oxygen atoms in total. The molecule has 9 heteroatoms. The highest BCUT2D eigenvalue weighted by Gasteiger charge is 2.41. The second-order valence-electron chi connectivity index (χ2n) is 8.25. The topological polar surface area (TPSA) is 65.1 Å². The number of nitrogens with zero attached hydrogens (tertiary/aromatic N) is 1. The summed E-state index contributed by atoms with van der Waals surface area (Å²) in [7, 11) is 1.27. The van der Waals surface area contributed by atoms with Crippen LogP contribution >= 0.6 is 0 Å². The van der Waals surface area contributed by atoms with Crippen molar-refractivity contribution in [1.29, 1.82) is 0 Å². The lowest BCUT2D eigenvalue weighted by molar-refractivity contribution is -0.274. The minimum Gasteiger partial charge on any atom is -0.476 e. The highest BCUT2D eigenvalue weighted by atomic mass is 19.4. The van der Waals surface area contributed by atoms with Crippen LogP contribution in [-0.4, -0.2) is 37.5 Å². The van der Waals surface area contributed by atoms with Crippen LogP contribution in [0.25, 0.3) is 11.1 Å². The Hall–Kier alpha value is -3.23. The Morgan fingerprint density at radius 1 is 1.15 bits per heavy atom. The molecular weight excluding hydrogens is 439 g/mol. The van der Waals surface area contributed by atoms with Crippen LogP contribution < -0.4 is 14.4 Å². The van der Waals surface area contributed by atoms with Crippen LogP contribution in [0.5, 0.6) is 11.5 Å². The second kappa shape index (κ2) is 8.96. The van der Waals surface area contributed by atoms with Crippen LogP contribution in [0.15, 0.2) is 30.3 Å². The van der Waals surface area contributed by atoms with E-state index in [1.54, 1.807) is 43.9 Å². The van der Waals surface area contributed by atoms with Crippen molar-refractivity contribution in [3.63, 3.8) is 0 Å². The molecule has 2 aromatic carbocycles. The van der Waals surface area contributed by atoms with E-state index in [9.17, 15) is 22.8 Å². The summed E-state index contributed by atoms with van der Waals surface area (Å²) >= 11 is 0. The third-order valence-corrected chi connectivity index (χ3v) is 5.44. The Morgan fingerprint density at radius 2 is 1.85 bits per heavy atom. The quantitative estimate of drug-likeness (QED) is 0.550. The number of likely N-dealkylation sites (N-methyl/N-ethyl adjacent to an activating group) is 1. The third kappa shape index (κ3) is 5.23. The molecule has 0 N–H and O–H groups in total. The van der Waals surface area contributed by atoms with E-state index in [0.717, 1.165) is 0 Å². The number of ether oxygens (including phenoxy) is 3. The Kier molecular flexibility index (Phi) is 6.63. The third-order valence-electron chi connectivity index (χ3n) is 5.44. The minimum atomic E-state index is -4.89. The van der Waals surface area contributed by atoms with Crippen molar-refractivity contribution in [3.05, 3.63) is 41.5 Å². The standard InChI is InChI=1S/C24H26F3NO5/c1-6-28-18-13-16(14(2)11-20(18)32-23(3,4)22(28)30)17-12-15(8-10-21(29)31-5)7-9-19(17)33-24(25,26)27/h7,9,11-13H,6,8,10H2,1-5H3. The summed E-state index contributed by atoms with van der Waals surface area (Å²) in [5.74, 6) is -0.568. The molecule has 0 atom stereocenters. The molecule has 0 spiro atoms. The monoisotopic (exact) mass is 465 g/mol. The fraction of sp³-hybridized carbons (Fsp3) is 0.417. The van der Waals surface area contributed by atoms with Crippen molar-refractivity contribution in [2.45, 2.75) is 52.5 Å². The molecule has 1 amide bonds. The molecule has 1 heterocycles. The first kappa shape index (κ1) is 24.4. The zero-order chi connectivity index (χ0) is 24.6. The lowest BCUT2D eigenvalue weighted by atomic mass is 9.94. The number of alkyl halides is 3. The molecule has 33 heavy (non-hydrogen) atoms. The molecule has 0 aliphatic carbocycles. The van der Waals surface area contributed by atoms with Gasteiger partial charge in [0.1, 0.15) is 11.5 Å². The molecule has 0 saturated heterocycles. The largest absolute Gasteiger partial charge is 0.573 e. The van der Waals surface area contributed by atoms with Gasteiger partial charge in [-0.25, -0.2) is 0 Å². The summed E-state index contributed by atoms with van der Waals surface area (Å²) in [5, 5.41) is 0. The van der Waals surface area contributed by atoms with Gasteiger partial charge in [0.2, 0.25) is 0 Å². The molecule has 0 fully saturated rings. The summed E-state index contributed by atoms with van der Waals surface area (Å²) < 4.78 is 54.2. The van der Waals surface area contributed by atoms with Crippen LogP contribution in [-0.2, 0) is 20.7 Å². The maximum Gasteiger partial charge on any atom is 0.573 e. The lowest BCUT2D eigenvalue weighted by Crippen LogP contribution is -2.52. The first-order valence-electron chi connectivity index (χ1n) is 10.5. The molecule has 1 aliphatic heterocycles. The summed E-state index contributed by atoms with van der Waals surface area (Å²) in [6.07, 6.45) is -4.52. The number of methoxy groups -OCH3 is 1. The number of hydrogen-bond acceptors (Lipinski definition) is 5. The molecule has 2 aromatic rings. The number of carbonyl (C=O) groups excluding carboxylic acids is 2. The zero-order valence-corrected chi connectivity index (χ0v) is 19.1. The molecule has 0 bridgehead atoms. The summed E-state index contributed by atoms with van der Waals surface area (Å²) in [6, 6.07) is 7.62. The molecule has 3 rings (SSSR count). The number of halogens is 3. The molecule has 178 valence electrons. The zero-order valence-electron chi connectivity index (χ0n) is 19.1. The van der Waals surface area contributed by atoms with Crippen LogP contribution in [0, 0.1) is 6.92 Å². The van der Waals surface area contributed by atoms with Gasteiger partial charge in [-0.15, -0.1) is 13.2 Å². The van der Waals surface area contributed by atoms with Crippen LogP contribution in [0.3, 0.4) is 0 Å². The maximum absolute atomic E-state index is 13.1. The van der Waals surface area contributed by atoms with Crippen LogP contribution in [0.4, 0.5) is 18.9 Å². The van der Waals surface area contributed by atoms with E-state index in [1.807, 2.05) is 6.92 Å². The number of hydrogen-bond donors (Lipinski definition) is 0. The predicted octanol–water partition coefficient (Wildman–Crippen LogP) is 5.19. The smallest absolute Gasteiger partial charge is 0.476 e. The van der Waals surface area contributed by atoms with Crippen molar-refractivity contribution < 1.29 is 37.0 Å². The van der Waals surface area contributed by atoms with E-state index in [4.69, 9.17) is 4.74 Å². The first-order chi connectivity index (χ1) is 15.4. The number of anilines is 1. The Bertz CT molecular complexity index is 1080. The van der Waals surface area contributed by atoms with E-state index in [2.05, 4.69) is 9.47 Å². The number of carbonyl (C=O) groups is 2. The first-order valence-corrected chi connectivity index (χ1v) is 10.5. The average Bonchev–Trinajstić information content (AvgIpc) is 2.72. The SMILES string of the molecule is CCN1C(=O)C(C)(C)Oc2cc(C)c(-c3cc(CCC(=O)OC)ccc3OC(F)(F)F)cc21. The van der Waals surface area contributed by atoms with Gasteiger partial charge in [-0.05, 0) is 75.1 Å². The minimum absolute atomic E-state index is 0.0830. The van der Waals surface area contributed by atoms with Gasteiger partial charge in [-0.3, -0.25) is 9.59 Å². The molecule has 1 aliphatic rings. The summed E-state index contributed by atoms with van der Waals surface area (Å²) in [6.45, 7) is 7.27. The summed E-state index contributed by atoms with van der Waals surface area (Å²) in [5.41, 5.74) is 1.36. The second-order valence-corrected chi connectivity index (χ2v) is 8.25. The molecule has 0 radical (unpaired) electrons. The average molecular weight is 465 g/mol. The number of esters is 1. The van der Waals surface area contributed by atoms with E-state index < -0.39 is 17.9 Å². The van der Waals surface area contributed by atoms with Crippen molar-refractivity contribution in [3.8, 4) is 22.6 Å². The Morgan fingerprint density at radius 3 is 2.45 bits per heavy atom. The fourth-order valence-corrected chi connectivity index (χ4v) is 3.83. The van der Waals surface area contributed by atoms with Gasteiger partial charge in [0, 0.05) is 18.5 Å². The molecule has 0 unspecified atom stereocenters. The Labute approximate surface area is 190 Å². The van der Waals surface area contributed by atoms with E-state index in [-0.39, 0.29) is 30.1 Å². The van der Waals surface area contributed by atoms with Crippen molar-refractivity contribution in [2.75, 3.05) is 18.6 Å². The van der Waals surface area contributed by atoms with Gasteiger partial charge < -0.3 is 19.1 Å². The fourth-order valence-electron chi connectivity index (χ4n) is 3.83.